The van der Waals surface area contributed by atoms with E-state index in [1.165, 1.54) is 0 Å². The Morgan fingerprint density at radius 1 is 1.44 bits per heavy atom. The third-order valence-electron chi connectivity index (χ3n) is 4.89. The Morgan fingerprint density at radius 2 is 2.24 bits per heavy atom. The first-order chi connectivity index (χ1) is 12.0. The van der Waals surface area contributed by atoms with Gasteiger partial charge in [0.1, 0.15) is 0 Å². The van der Waals surface area contributed by atoms with Crippen LogP contribution in [0.4, 0.5) is 4.79 Å². The van der Waals surface area contributed by atoms with Crippen LogP contribution in [0.5, 0.6) is 0 Å². The molecule has 2 rings (SSSR count). The smallest absolute Gasteiger partial charge is 0.317 e. The van der Waals surface area contributed by atoms with Crippen molar-refractivity contribution in [2.75, 3.05) is 46.4 Å². The van der Waals surface area contributed by atoms with Crippen molar-refractivity contribution in [2.45, 2.75) is 39.7 Å². The summed E-state index contributed by atoms with van der Waals surface area (Å²) in [6, 6.07) is 2.01. The van der Waals surface area contributed by atoms with Gasteiger partial charge in [-0.25, -0.2) is 4.79 Å². The maximum absolute atomic E-state index is 12.1. The number of urea groups is 1. The Bertz CT molecular complexity index is 546. The van der Waals surface area contributed by atoms with Crippen molar-refractivity contribution in [1.82, 2.24) is 24.9 Å². The van der Waals surface area contributed by atoms with E-state index in [4.69, 9.17) is 0 Å². The lowest BCUT2D eigenvalue weighted by molar-refractivity contribution is 0.119. The predicted molar refractivity (Wildman–Crippen MR) is 98.6 cm³/mol. The van der Waals surface area contributed by atoms with E-state index >= 15 is 0 Å². The number of rotatable bonds is 8. The number of nitrogens with one attached hydrogen (secondary N) is 1. The average molecular weight is 351 g/mol. The second kappa shape index (κ2) is 9.77. The summed E-state index contributed by atoms with van der Waals surface area (Å²) in [5.74, 6) is 0.420. The Balaban J connectivity index is 1.60. The number of carbonyl (C=O) groups excluding carboxylic acids is 1. The SMILES string of the molecule is Cc1cc(C)n(CCN(C)C(=O)NCCCN2CCC[C@@H](CO)C2)n1. The van der Waals surface area contributed by atoms with Crippen molar-refractivity contribution in [3.63, 3.8) is 0 Å². The molecule has 0 aromatic carbocycles. The summed E-state index contributed by atoms with van der Waals surface area (Å²) in [5, 5.41) is 16.7. The lowest BCUT2D eigenvalue weighted by atomic mass is 9.99. The van der Waals surface area contributed by atoms with Crippen molar-refractivity contribution in [1.29, 1.82) is 0 Å². The van der Waals surface area contributed by atoms with Gasteiger partial charge in [-0.05, 0) is 58.2 Å². The normalized spacial score (nSPS) is 18.3. The number of aromatic nitrogens is 2. The van der Waals surface area contributed by atoms with E-state index in [0.29, 0.717) is 25.6 Å². The zero-order valence-corrected chi connectivity index (χ0v) is 15.9. The first-order valence-electron chi connectivity index (χ1n) is 9.33. The minimum Gasteiger partial charge on any atom is -0.396 e. The minimum absolute atomic E-state index is 0.0339. The molecule has 0 spiro atoms. The molecule has 1 fully saturated rings. The number of nitrogens with zero attached hydrogens (tertiary/aromatic N) is 4. The standard InChI is InChI=1S/C18H33N5O2/c1-15-12-16(2)23(20-15)11-10-21(3)18(25)19-7-5-9-22-8-4-6-17(13-22)14-24/h12,17,24H,4-11,13-14H2,1-3H3,(H,19,25)/t17-/m1/s1. The van der Waals surface area contributed by atoms with Crippen LogP contribution in [0.25, 0.3) is 0 Å². The first kappa shape index (κ1) is 19.7. The molecule has 0 saturated carbocycles. The molecule has 2 heterocycles. The molecular formula is C18H33N5O2. The van der Waals surface area contributed by atoms with Crippen molar-refractivity contribution in [2.24, 2.45) is 5.92 Å². The number of piperidine rings is 1. The molecule has 1 aromatic heterocycles. The van der Waals surface area contributed by atoms with E-state index < -0.39 is 0 Å². The van der Waals surface area contributed by atoms with Crippen LogP contribution in [-0.2, 0) is 6.54 Å². The van der Waals surface area contributed by atoms with E-state index in [9.17, 15) is 9.90 Å². The van der Waals surface area contributed by atoms with E-state index in [-0.39, 0.29) is 12.6 Å². The van der Waals surface area contributed by atoms with Gasteiger partial charge >= 0.3 is 6.03 Å². The number of hydrogen-bond donors (Lipinski definition) is 2. The topological polar surface area (TPSA) is 73.6 Å². The zero-order valence-electron chi connectivity index (χ0n) is 15.9. The van der Waals surface area contributed by atoms with Gasteiger partial charge in [-0.15, -0.1) is 0 Å². The third kappa shape index (κ3) is 6.32. The number of carbonyl (C=O) groups is 1. The van der Waals surface area contributed by atoms with Gasteiger partial charge in [0, 0.05) is 39.0 Å². The maximum Gasteiger partial charge on any atom is 0.317 e. The van der Waals surface area contributed by atoms with Gasteiger partial charge in [-0.2, -0.15) is 5.10 Å². The van der Waals surface area contributed by atoms with Crippen molar-refractivity contribution in [3.8, 4) is 0 Å². The molecule has 7 nitrogen and oxygen atoms in total. The van der Waals surface area contributed by atoms with E-state index in [0.717, 1.165) is 50.3 Å². The molecule has 1 saturated heterocycles. The molecule has 0 unspecified atom stereocenters. The monoisotopic (exact) mass is 351 g/mol. The van der Waals surface area contributed by atoms with Crippen LogP contribution in [0.1, 0.15) is 30.7 Å². The molecule has 0 radical (unpaired) electrons. The van der Waals surface area contributed by atoms with E-state index in [2.05, 4.69) is 15.3 Å². The molecular weight excluding hydrogens is 318 g/mol. The molecule has 2 N–H and O–H groups in total. The Labute approximate surface area is 151 Å². The van der Waals surface area contributed by atoms with Crippen LogP contribution in [0.2, 0.25) is 0 Å². The third-order valence-corrected chi connectivity index (χ3v) is 4.89. The van der Waals surface area contributed by atoms with Gasteiger partial charge in [0.05, 0.1) is 12.2 Å². The van der Waals surface area contributed by atoms with Gasteiger partial charge in [-0.1, -0.05) is 0 Å². The fourth-order valence-electron chi connectivity index (χ4n) is 3.38. The van der Waals surface area contributed by atoms with Crippen LogP contribution in [0.15, 0.2) is 6.07 Å². The van der Waals surface area contributed by atoms with Crippen LogP contribution < -0.4 is 5.32 Å². The van der Waals surface area contributed by atoms with Crippen molar-refractivity contribution in [3.05, 3.63) is 17.5 Å². The highest BCUT2D eigenvalue weighted by atomic mass is 16.3. The number of likely N-dealkylation sites (tertiary alicyclic amines) is 1. The van der Waals surface area contributed by atoms with Crippen molar-refractivity contribution >= 4 is 6.03 Å². The Morgan fingerprint density at radius 3 is 2.92 bits per heavy atom. The summed E-state index contributed by atoms with van der Waals surface area (Å²) in [5.41, 5.74) is 2.12. The highest BCUT2D eigenvalue weighted by molar-refractivity contribution is 5.73. The largest absolute Gasteiger partial charge is 0.396 e. The molecule has 25 heavy (non-hydrogen) atoms. The molecule has 1 aromatic rings. The lowest BCUT2D eigenvalue weighted by Crippen LogP contribution is -2.41. The van der Waals surface area contributed by atoms with E-state index in [1.54, 1.807) is 4.90 Å². The van der Waals surface area contributed by atoms with Gasteiger partial charge in [0.2, 0.25) is 0 Å². The number of amides is 2. The summed E-state index contributed by atoms with van der Waals surface area (Å²) in [7, 11) is 1.82. The van der Waals surface area contributed by atoms with E-state index in [1.807, 2.05) is 31.6 Å². The highest BCUT2D eigenvalue weighted by Crippen LogP contribution is 2.15. The fraction of sp³-hybridized carbons (Fsp3) is 0.778. The first-order valence-corrected chi connectivity index (χ1v) is 9.33. The summed E-state index contributed by atoms with van der Waals surface area (Å²) in [6.07, 6.45) is 3.23. The molecule has 1 atom stereocenters. The van der Waals surface area contributed by atoms with Gasteiger partial charge in [-0.3, -0.25) is 4.68 Å². The maximum atomic E-state index is 12.1. The lowest BCUT2D eigenvalue weighted by Gasteiger charge is -2.31. The molecule has 1 aliphatic heterocycles. The summed E-state index contributed by atoms with van der Waals surface area (Å²) < 4.78 is 1.94. The Kier molecular flexibility index (Phi) is 7.71. The summed E-state index contributed by atoms with van der Waals surface area (Å²) >= 11 is 0. The fourth-order valence-corrected chi connectivity index (χ4v) is 3.38. The van der Waals surface area contributed by atoms with Crippen LogP contribution in [-0.4, -0.2) is 77.1 Å². The predicted octanol–water partition coefficient (Wildman–Crippen LogP) is 1.24. The van der Waals surface area contributed by atoms with Crippen LogP contribution in [0, 0.1) is 19.8 Å². The number of hydrogen-bond acceptors (Lipinski definition) is 4. The summed E-state index contributed by atoms with van der Waals surface area (Å²) in [6.45, 7) is 9.38. The number of aliphatic hydroxyl groups excluding tert-OH is 1. The van der Waals surface area contributed by atoms with Gasteiger partial charge in [0.15, 0.2) is 0 Å². The highest BCUT2D eigenvalue weighted by Gasteiger charge is 2.18. The quantitative estimate of drug-likeness (QED) is 0.691. The van der Waals surface area contributed by atoms with Crippen molar-refractivity contribution < 1.29 is 9.90 Å². The average Bonchev–Trinajstić information content (AvgIpc) is 2.93. The van der Waals surface area contributed by atoms with Gasteiger partial charge in [0.25, 0.3) is 0 Å². The Hall–Kier alpha value is -1.60. The van der Waals surface area contributed by atoms with Crippen LogP contribution >= 0.6 is 0 Å². The molecule has 0 aliphatic carbocycles. The molecule has 7 heteroatoms. The molecule has 2 amide bonds. The van der Waals surface area contributed by atoms with Gasteiger partial charge < -0.3 is 20.2 Å². The van der Waals surface area contributed by atoms with Crippen LogP contribution in [0.3, 0.4) is 0 Å². The molecule has 1 aliphatic rings. The zero-order chi connectivity index (χ0) is 18.2. The molecule has 142 valence electrons. The number of likely N-dealkylation sites (N-methyl/N-ethyl adjacent to an activating group) is 1. The second-order valence-corrected chi connectivity index (χ2v) is 7.15. The summed E-state index contributed by atoms with van der Waals surface area (Å²) in [4.78, 5) is 16.2. The minimum atomic E-state index is -0.0339. The second-order valence-electron chi connectivity index (χ2n) is 7.15. The number of aryl methyl sites for hydroxylation is 2. The molecule has 0 bridgehead atoms. The number of aliphatic hydroxyl groups is 1.